The van der Waals surface area contributed by atoms with E-state index < -0.39 is 0 Å². The van der Waals surface area contributed by atoms with Crippen molar-refractivity contribution in [3.63, 3.8) is 0 Å². The van der Waals surface area contributed by atoms with Gasteiger partial charge in [0.2, 0.25) is 0 Å². The van der Waals surface area contributed by atoms with Crippen LogP contribution in [0.25, 0.3) is 0 Å². The fourth-order valence-corrected chi connectivity index (χ4v) is 1.42. The van der Waals surface area contributed by atoms with Crippen molar-refractivity contribution in [3.8, 4) is 0 Å². The summed E-state index contributed by atoms with van der Waals surface area (Å²) in [5, 5.41) is 0. The van der Waals surface area contributed by atoms with Gasteiger partial charge < -0.3 is 20.4 Å². The first-order chi connectivity index (χ1) is 8.33. The van der Waals surface area contributed by atoms with E-state index in [-0.39, 0.29) is 12.3 Å². The van der Waals surface area contributed by atoms with Crippen LogP contribution in [-0.2, 0) is 20.8 Å². The quantitative estimate of drug-likeness (QED) is 0.689. The minimum absolute atomic E-state index is 0. The smallest absolute Gasteiger partial charge is 0.0781 e. The molecule has 4 heteroatoms. The Labute approximate surface area is 110 Å². The van der Waals surface area contributed by atoms with E-state index in [1.54, 1.807) is 0 Å². The van der Waals surface area contributed by atoms with Crippen molar-refractivity contribution in [1.82, 2.24) is 6.15 Å². The van der Waals surface area contributed by atoms with Crippen molar-refractivity contribution in [2.24, 2.45) is 0 Å². The third-order valence-corrected chi connectivity index (χ3v) is 2.30. The lowest BCUT2D eigenvalue weighted by molar-refractivity contribution is -0.0321. The maximum absolute atomic E-state index is 5.57. The molecule has 104 valence electrons. The van der Waals surface area contributed by atoms with Gasteiger partial charge in [-0.3, -0.25) is 0 Å². The van der Waals surface area contributed by atoms with Gasteiger partial charge in [0.05, 0.1) is 32.5 Å². The summed E-state index contributed by atoms with van der Waals surface area (Å²) in [7, 11) is 0. The zero-order chi connectivity index (χ0) is 12.3. The molecule has 0 saturated carbocycles. The van der Waals surface area contributed by atoms with Crippen LogP contribution in [0.15, 0.2) is 30.3 Å². The van der Waals surface area contributed by atoms with Crippen molar-refractivity contribution in [1.29, 1.82) is 0 Å². The molecule has 18 heavy (non-hydrogen) atoms. The summed E-state index contributed by atoms with van der Waals surface area (Å²) in [5.41, 5.74) is 1.19. The van der Waals surface area contributed by atoms with Gasteiger partial charge in [-0.2, -0.15) is 0 Å². The third kappa shape index (κ3) is 8.20. The number of rotatable bonds is 9. The van der Waals surface area contributed by atoms with Gasteiger partial charge in [0, 0.05) is 6.61 Å². The standard InChI is InChI=1S/C14H22O3.H3N/c1-3-15-9-10-17-13(2)11-16-12-14-7-5-4-6-8-14;/h4-8,13H,3,9-12H2,1-2H3;1H3. The van der Waals surface area contributed by atoms with Crippen LogP contribution in [0.3, 0.4) is 0 Å². The van der Waals surface area contributed by atoms with E-state index in [4.69, 9.17) is 14.2 Å². The number of benzene rings is 1. The predicted octanol–water partition coefficient (Wildman–Crippen LogP) is 2.81. The number of hydrogen-bond donors (Lipinski definition) is 1. The molecule has 1 aromatic carbocycles. The molecule has 0 bridgehead atoms. The first-order valence-electron chi connectivity index (χ1n) is 6.14. The Hall–Kier alpha value is -0.940. The van der Waals surface area contributed by atoms with Gasteiger partial charge in [-0.15, -0.1) is 0 Å². The Balaban J connectivity index is 0.00000289. The molecule has 0 amide bonds. The summed E-state index contributed by atoms with van der Waals surface area (Å²) >= 11 is 0. The van der Waals surface area contributed by atoms with E-state index in [1.807, 2.05) is 32.0 Å². The van der Waals surface area contributed by atoms with E-state index in [0.717, 1.165) is 6.61 Å². The third-order valence-electron chi connectivity index (χ3n) is 2.30. The van der Waals surface area contributed by atoms with Gasteiger partial charge in [-0.1, -0.05) is 30.3 Å². The molecule has 1 rings (SSSR count). The van der Waals surface area contributed by atoms with Crippen molar-refractivity contribution in [2.45, 2.75) is 26.6 Å². The Morgan fingerprint density at radius 2 is 1.78 bits per heavy atom. The van der Waals surface area contributed by atoms with Crippen molar-refractivity contribution < 1.29 is 14.2 Å². The molecule has 0 fully saturated rings. The molecule has 1 unspecified atom stereocenters. The second-order valence-corrected chi connectivity index (χ2v) is 3.88. The Kier molecular flexibility index (Phi) is 10.6. The lowest BCUT2D eigenvalue weighted by Crippen LogP contribution is -2.18. The molecule has 0 spiro atoms. The fourth-order valence-electron chi connectivity index (χ4n) is 1.42. The number of hydrogen-bond acceptors (Lipinski definition) is 4. The highest BCUT2D eigenvalue weighted by Crippen LogP contribution is 2.01. The van der Waals surface area contributed by atoms with Crippen LogP contribution in [0.4, 0.5) is 0 Å². The molecule has 1 aromatic rings. The first-order valence-corrected chi connectivity index (χ1v) is 6.14. The molecule has 4 nitrogen and oxygen atoms in total. The van der Waals surface area contributed by atoms with Crippen molar-refractivity contribution >= 4 is 0 Å². The van der Waals surface area contributed by atoms with Gasteiger partial charge in [0.15, 0.2) is 0 Å². The highest BCUT2D eigenvalue weighted by Gasteiger charge is 2.02. The van der Waals surface area contributed by atoms with E-state index in [9.17, 15) is 0 Å². The van der Waals surface area contributed by atoms with Gasteiger partial charge >= 0.3 is 0 Å². The zero-order valence-electron chi connectivity index (χ0n) is 11.4. The SMILES string of the molecule is CCOCCOC(C)COCc1ccccc1.N. The molecule has 0 heterocycles. The highest BCUT2D eigenvalue weighted by atomic mass is 16.5. The Morgan fingerprint density at radius 3 is 2.44 bits per heavy atom. The largest absolute Gasteiger partial charge is 0.379 e. The maximum Gasteiger partial charge on any atom is 0.0781 e. The van der Waals surface area contributed by atoms with Crippen LogP contribution in [0, 0.1) is 0 Å². The lowest BCUT2D eigenvalue weighted by atomic mass is 10.2. The van der Waals surface area contributed by atoms with Crippen LogP contribution in [-0.4, -0.2) is 32.5 Å². The Morgan fingerprint density at radius 1 is 1.06 bits per heavy atom. The highest BCUT2D eigenvalue weighted by molar-refractivity contribution is 5.13. The normalized spacial score (nSPS) is 11.9. The average Bonchev–Trinajstić information content (AvgIpc) is 2.36. The second kappa shape index (κ2) is 11.2. The second-order valence-electron chi connectivity index (χ2n) is 3.88. The minimum Gasteiger partial charge on any atom is -0.379 e. The monoisotopic (exact) mass is 255 g/mol. The topological polar surface area (TPSA) is 62.7 Å². The van der Waals surface area contributed by atoms with Crippen LogP contribution < -0.4 is 6.15 Å². The summed E-state index contributed by atoms with van der Waals surface area (Å²) in [6.07, 6.45) is 0.110. The van der Waals surface area contributed by atoms with E-state index in [1.165, 1.54) is 5.56 Å². The molecule has 0 radical (unpaired) electrons. The van der Waals surface area contributed by atoms with E-state index in [2.05, 4.69) is 12.1 Å². The lowest BCUT2D eigenvalue weighted by Gasteiger charge is -2.13. The van der Waals surface area contributed by atoms with Crippen LogP contribution >= 0.6 is 0 Å². The van der Waals surface area contributed by atoms with Crippen molar-refractivity contribution in [2.75, 3.05) is 26.4 Å². The van der Waals surface area contributed by atoms with Gasteiger partial charge in [-0.05, 0) is 19.4 Å². The minimum atomic E-state index is 0. The van der Waals surface area contributed by atoms with E-state index in [0.29, 0.717) is 26.4 Å². The first kappa shape index (κ1) is 17.1. The summed E-state index contributed by atoms with van der Waals surface area (Å²) < 4.78 is 16.3. The summed E-state index contributed by atoms with van der Waals surface area (Å²) in [6, 6.07) is 10.1. The number of ether oxygens (including phenoxy) is 3. The molecule has 3 N–H and O–H groups in total. The Bertz CT molecular complexity index is 280. The summed E-state index contributed by atoms with van der Waals surface area (Å²) in [5.74, 6) is 0. The molecule has 0 aliphatic rings. The van der Waals surface area contributed by atoms with Gasteiger partial charge in [0.1, 0.15) is 0 Å². The van der Waals surface area contributed by atoms with Crippen LogP contribution in [0.5, 0.6) is 0 Å². The van der Waals surface area contributed by atoms with E-state index >= 15 is 0 Å². The fraction of sp³-hybridized carbons (Fsp3) is 0.571. The summed E-state index contributed by atoms with van der Waals surface area (Å²) in [6.45, 7) is 7.26. The average molecular weight is 255 g/mol. The van der Waals surface area contributed by atoms with Gasteiger partial charge in [-0.25, -0.2) is 0 Å². The molecule has 0 aromatic heterocycles. The predicted molar refractivity (Wildman–Crippen MR) is 73.0 cm³/mol. The molecular formula is C14H25NO3. The summed E-state index contributed by atoms with van der Waals surface area (Å²) in [4.78, 5) is 0. The molecular weight excluding hydrogens is 230 g/mol. The maximum atomic E-state index is 5.57. The van der Waals surface area contributed by atoms with Crippen LogP contribution in [0.2, 0.25) is 0 Å². The molecule has 0 saturated heterocycles. The zero-order valence-corrected chi connectivity index (χ0v) is 11.4. The molecule has 0 aliphatic heterocycles. The van der Waals surface area contributed by atoms with Gasteiger partial charge in [0.25, 0.3) is 0 Å². The molecule has 1 atom stereocenters. The van der Waals surface area contributed by atoms with Crippen molar-refractivity contribution in [3.05, 3.63) is 35.9 Å². The van der Waals surface area contributed by atoms with Crippen LogP contribution in [0.1, 0.15) is 19.4 Å². The molecule has 0 aliphatic carbocycles.